The van der Waals surface area contributed by atoms with E-state index >= 15 is 0 Å². The first-order valence-electron chi connectivity index (χ1n) is 5.84. The SMILES string of the molecule is CCC(=O)CCc1cc(C(F)(F)F)cc(C(F)(F)F)c1. The van der Waals surface area contributed by atoms with Gasteiger partial charge in [0.1, 0.15) is 5.78 Å². The highest BCUT2D eigenvalue weighted by Gasteiger charge is 2.36. The summed E-state index contributed by atoms with van der Waals surface area (Å²) in [6.45, 7) is 1.58. The van der Waals surface area contributed by atoms with Gasteiger partial charge in [0.15, 0.2) is 0 Å². The van der Waals surface area contributed by atoms with Crippen LogP contribution in [0.5, 0.6) is 0 Å². The van der Waals surface area contributed by atoms with Crippen LogP contribution in [0.15, 0.2) is 18.2 Å². The maximum absolute atomic E-state index is 12.6. The second-order valence-corrected chi connectivity index (χ2v) is 4.31. The number of carbonyl (C=O) groups excluding carboxylic acids is 1. The molecule has 0 spiro atoms. The van der Waals surface area contributed by atoms with Gasteiger partial charge in [0.25, 0.3) is 0 Å². The number of ketones is 1. The van der Waals surface area contributed by atoms with Crippen LogP contribution < -0.4 is 0 Å². The molecule has 1 aromatic rings. The van der Waals surface area contributed by atoms with Crippen LogP contribution in [-0.4, -0.2) is 5.78 Å². The lowest BCUT2D eigenvalue weighted by Crippen LogP contribution is -2.12. The minimum Gasteiger partial charge on any atom is -0.300 e. The fourth-order valence-electron chi connectivity index (χ4n) is 1.62. The zero-order chi connectivity index (χ0) is 15.6. The largest absolute Gasteiger partial charge is 0.416 e. The van der Waals surface area contributed by atoms with Crippen molar-refractivity contribution in [2.45, 2.75) is 38.5 Å². The first-order valence-corrected chi connectivity index (χ1v) is 5.84. The quantitative estimate of drug-likeness (QED) is 0.740. The molecule has 0 atom stereocenters. The van der Waals surface area contributed by atoms with Crippen molar-refractivity contribution in [2.75, 3.05) is 0 Å². The number of aryl methyl sites for hydroxylation is 1. The average molecular weight is 298 g/mol. The molecule has 0 saturated carbocycles. The van der Waals surface area contributed by atoms with Crippen molar-refractivity contribution in [2.24, 2.45) is 0 Å². The van der Waals surface area contributed by atoms with Crippen LogP contribution in [0.4, 0.5) is 26.3 Å². The highest BCUT2D eigenvalue weighted by atomic mass is 19.4. The summed E-state index contributed by atoms with van der Waals surface area (Å²) in [5.74, 6) is -0.212. The Morgan fingerprint density at radius 3 is 1.75 bits per heavy atom. The summed E-state index contributed by atoms with van der Waals surface area (Å²) in [6.07, 6.45) is -9.73. The minimum absolute atomic E-state index is 0.0743. The van der Waals surface area contributed by atoms with Crippen LogP contribution in [-0.2, 0) is 23.6 Å². The van der Waals surface area contributed by atoms with Gasteiger partial charge < -0.3 is 0 Å². The number of rotatable bonds is 4. The molecule has 1 nitrogen and oxygen atoms in total. The summed E-state index contributed by atoms with van der Waals surface area (Å²) in [5.41, 5.74) is -2.86. The van der Waals surface area contributed by atoms with Gasteiger partial charge in [-0.1, -0.05) is 6.92 Å². The Kier molecular flexibility index (Phi) is 4.83. The molecule has 0 aliphatic carbocycles. The van der Waals surface area contributed by atoms with Gasteiger partial charge in [0.05, 0.1) is 11.1 Å². The number of carbonyl (C=O) groups is 1. The number of hydrogen-bond donors (Lipinski definition) is 0. The second kappa shape index (κ2) is 5.85. The van der Waals surface area contributed by atoms with Gasteiger partial charge in [-0.05, 0) is 30.2 Å². The molecule has 0 bridgehead atoms. The third kappa shape index (κ3) is 4.54. The molecular weight excluding hydrogens is 286 g/mol. The Bertz CT molecular complexity index is 454. The Balaban J connectivity index is 3.14. The molecule has 1 aromatic carbocycles. The summed E-state index contributed by atoms with van der Waals surface area (Å²) < 4.78 is 75.4. The monoisotopic (exact) mass is 298 g/mol. The van der Waals surface area contributed by atoms with E-state index in [1.807, 2.05) is 0 Å². The van der Waals surface area contributed by atoms with Crippen molar-refractivity contribution in [1.82, 2.24) is 0 Å². The van der Waals surface area contributed by atoms with Crippen molar-refractivity contribution in [3.8, 4) is 0 Å². The lowest BCUT2D eigenvalue weighted by Gasteiger charge is -2.14. The molecule has 0 N–H and O–H groups in total. The Morgan fingerprint density at radius 1 is 0.950 bits per heavy atom. The third-order valence-electron chi connectivity index (χ3n) is 2.73. The number of halogens is 6. The van der Waals surface area contributed by atoms with Crippen LogP contribution in [0.2, 0.25) is 0 Å². The average Bonchev–Trinajstić information content (AvgIpc) is 2.33. The van der Waals surface area contributed by atoms with E-state index in [0.29, 0.717) is 12.1 Å². The Labute approximate surface area is 111 Å². The summed E-state index contributed by atoms with van der Waals surface area (Å²) >= 11 is 0. The molecular formula is C13H12F6O. The molecule has 0 saturated heterocycles. The zero-order valence-electron chi connectivity index (χ0n) is 10.5. The van der Waals surface area contributed by atoms with Crippen molar-refractivity contribution < 1.29 is 31.1 Å². The van der Waals surface area contributed by atoms with Crippen molar-refractivity contribution in [3.63, 3.8) is 0 Å². The summed E-state index contributed by atoms with van der Waals surface area (Å²) in [6, 6.07) is 1.38. The number of hydrogen-bond acceptors (Lipinski definition) is 1. The van der Waals surface area contributed by atoms with E-state index in [0.717, 1.165) is 0 Å². The molecule has 0 unspecified atom stereocenters. The third-order valence-corrected chi connectivity index (χ3v) is 2.73. The first-order chi connectivity index (χ1) is 9.04. The molecule has 0 radical (unpaired) electrons. The van der Waals surface area contributed by atoms with E-state index in [1.165, 1.54) is 0 Å². The number of benzene rings is 1. The van der Waals surface area contributed by atoms with Gasteiger partial charge in [0.2, 0.25) is 0 Å². The smallest absolute Gasteiger partial charge is 0.300 e. The van der Waals surface area contributed by atoms with Gasteiger partial charge >= 0.3 is 12.4 Å². The normalized spacial score (nSPS) is 12.6. The first kappa shape index (κ1) is 16.5. The lowest BCUT2D eigenvalue weighted by molar-refractivity contribution is -0.143. The molecule has 20 heavy (non-hydrogen) atoms. The molecule has 0 aliphatic heterocycles. The summed E-state index contributed by atoms with van der Waals surface area (Å²) in [5, 5.41) is 0. The van der Waals surface area contributed by atoms with Crippen LogP contribution in [0.25, 0.3) is 0 Å². The molecule has 112 valence electrons. The van der Waals surface area contributed by atoms with E-state index in [1.54, 1.807) is 6.92 Å². The van der Waals surface area contributed by atoms with Crippen LogP contribution in [0.1, 0.15) is 36.5 Å². The maximum Gasteiger partial charge on any atom is 0.416 e. The number of alkyl halides is 6. The van der Waals surface area contributed by atoms with Gasteiger partial charge in [-0.3, -0.25) is 4.79 Å². The molecule has 0 aliphatic rings. The fraction of sp³-hybridized carbons (Fsp3) is 0.462. The predicted octanol–water partition coefficient (Wildman–Crippen LogP) is 4.64. The van der Waals surface area contributed by atoms with Crippen LogP contribution >= 0.6 is 0 Å². The number of Topliss-reactive ketones (excluding diaryl/α,β-unsaturated/α-hetero) is 1. The zero-order valence-corrected chi connectivity index (χ0v) is 10.5. The highest BCUT2D eigenvalue weighted by molar-refractivity contribution is 5.78. The lowest BCUT2D eigenvalue weighted by atomic mass is 10.00. The Morgan fingerprint density at radius 2 is 1.40 bits per heavy atom. The fourth-order valence-corrected chi connectivity index (χ4v) is 1.62. The van der Waals surface area contributed by atoms with Crippen LogP contribution in [0, 0.1) is 0 Å². The van der Waals surface area contributed by atoms with Crippen molar-refractivity contribution in [3.05, 3.63) is 34.9 Å². The topological polar surface area (TPSA) is 17.1 Å². The van der Waals surface area contributed by atoms with E-state index in [-0.39, 0.29) is 36.7 Å². The molecule has 0 amide bonds. The standard InChI is InChI=1S/C13H12F6O/c1-2-11(20)4-3-8-5-9(12(14,15)16)7-10(6-8)13(17,18)19/h5-7H,2-4H2,1H3. The van der Waals surface area contributed by atoms with E-state index < -0.39 is 23.5 Å². The van der Waals surface area contributed by atoms with Gasteiger partial charge in [-0.25, -0.2) is 0 Å². The van der Waals surface area contributed by atoms with Gasteiger partial charge in [0, 0.05) is 12.8 Å². The molecule has 1 rings (SSSR count). The van der Waals surface area contributed by atoms with Crippen molar-refractivity contribution in [1.29, 1.82) is 0 Å². The second-order valence-electron chi connectivity index (χ2n) is 4.31. The van der Waals surface area contributed by atoms with Crippen molar-refractivity contribution >= 4 is 5.78 Å². The predicted molar refractivity (Wildman–Crippen MR) is 60.1 cm³/mol. The molecule has 7 heteroatoms. The van der Waals surface area contributed by atoms with Gasteiger partial charge in [-0.15, -0.1) is 0 Å². The highest BCUT2D eigenvalue weighted by Crippen LogP contribution is 2.36. The summed E-state index contributed by atoms with van der Waals surface area (Å²) in [7, 11) is 0. The molecule has 0 heterocycles. The molecule has 0 aromatic heterocycles. The van der Waals surface area contributed by atoms with E-state index in [4.69, 9.17) is 0 Å². The minimum atomic E-state index is -4.86. The van der Waals surface area contributed by atoms with E-state index in [2.05, 4.69) is 0 Å². The molecule has 0 fully saturated rings. The Hall–Kier alpha value is -1.53. The maximum atomic E-state index is 12.6. The van der Waals surface area contributed by atoms with E-state index in [9.17, 15) is 31.1 Å². The van der Waals surface area contributed by atoms with Crippen LogP contribution in [0.3, 0.4) is 0 Å². The van der Waals surface area contributed by atoms with Gasteiger partial charge in [-0.2, -0.15) is 26.3 Å². The summed E-state index contributed by atoms with van der Waals surface area (Å²) in [4.78, 5) is 11.1.